The van der Waals surface area contributed by atoms with Gasteiger partial charge in [-0.25, -0.2) is 9.37 Å². The number of aromatic nitrogens is 2. The lowest BCUT2D eigenvalue weighted by molar-refractivity contribution is 0.562. The zero-order valence-corrected chi connectivity index (χ0v) is 10.9. The van der Waals surface area contributed by atoms with Crippen LogP contribution < -0.4 is 5.32 Å². The van der Waals surface area contributed by atoms with Gasteiger partial charge >= 0.3 is 0 Å². The van der Waals surface area contributed by atoms with Crippen molar-refractivity contribution in [1.29, 1.82) is 0 Å². The first kappa shape index (κ1) is 11.4. The van der Waals surface area contributed by atoms with Gasteiger partial charge in [0.15, 0.2) is 0 Å². The first-order valence-corrected chi connectivity index (χ1v) is 7.21. The van der Waals surface area contributed by atoms with Gasteiger partial charge in [-0.1, -0.05) is 0 Å². The molecular weight excluding hydrogens is 241 g/mol. The van der Waals surface area contributed by atoms with Crippen LogP contribution >= 0.6 is 0 Å². The molecule has 1 aliphatic carbocycles. The molecule has 0 bridgehead atoms. The van der Waals surface area contributed by atoms with Crippen molar-refractivity contribution in [3.8, 4) is 0 Å². The van der Waals surface area contributed by atoms with Gasteiger partial charge in [0, 0.05) is 24.6 Å². The van der Waals surface area contributed by atoms with Gasteiger partial charge in [0.25, 0.3) is 0 Å². The van der Waals surface area contributed by atoms with Crippen LogP contribution in [0.25, 0.3) is 11.0 Å². The van der Waals surface area contributed by atoms with Crippen molar-refractivity contribution in [2.75, 3.05) is 6.54 Å². The van der Waals surface area contributed by atoms with E-state index in [4.69, 9.17) is 0 Å². The Morgan fingerprint density at radius 1 is 1.32 bits per heavy atom. The van der Waals surface area contributed by atoms with E-state index in [0.29, 0.717) is 12.1 Å². The van der Waals surface area contributed by atoms with Gasteiger partial charge in [-0.05, 0) is 44.4 Å². The van der Waals surface area contributed by atoms with Crippen molar-refractivity contribution < 1.29 is 4.39 Å². The summed E-state index contributed by atoms with van der Waals surface area (Å²) >= 11 is 0. The van der Waals surface area contributed by atoms with Crippen molar-refractivity contribution in [3.63, 3.8) is 0 Å². The number of hydrogen-bond donors (Lipinski definition) is 1. The number of halogens is 1. The SMILES string of the molecule is Fc1ccc2c(c1)nc(CC1CCCN1)n2C1CC1. The highest BCUT2D eigenvalue weighted by Gasteiger charge is 2.29. The van der Waals surface area contributed by atoms with Crippen LogP contribution in [-0.2, 0) is 6.42 Å². The van der Waals surface area contributed by atoms with E-state index in [1.54, 1.807) is 12.1 Å². The number of benzene rings is 1. The molecule has 1 aromatic heterocycles. The van der Waals surface area contributed by atoms with Crippen molar-refractivity contribution in [3.05, 3.63) is 29.8 Å². The highest BCUT2D eigenvalue weighted by Crippen LogP contribution is 2.39. The van der Waals surface area contributed by atoms with Crippen LogP contribution in [0.4, 0.5) is 4.39 Å². The second-order valence-electron chi connectivity index (χ2n) is 5.76. The minimum atomic E-state index is -0.196. The van der Waals surface area contributed by atoms with E-state index in [1.807, 2.05) is 6.07 Å². The fourth-order valence-electron chi connectivity index (χ4n) is 3.16. The van der Waals surface area contributed by atoms with E-state index in [9.17, 15) is 4.39 Å². The molecular formula is C15H18FN3. The molecule has 4 heteroatoms. The average Bonchev–Trinajstić information content (AvgIpc) is 2.97. The molecule has 2 fully saturated rings. The van der Waals surface area contributed by atoms with Gasteiger partial charge in [-0.2, -0.15) is 0 Å². The maximum Gasteiger partial charge on any atom is 0.125 e. The van der Waals surface area contributed by atoms with Crippen LogP contribution in [0, 0.1) is 5.82 Å². The molecule has 1 unspecified atom stereocenters. The van der Waals surface area contributed by atoms with E-state index < -0.39 is 0 Å². The monoisotopic (exact) mass is 259 g/mol. The Bertz CT molecular complexity index is 609. The maximum atomic E-state index is 13.3. The third-order valence-corrected chi connectivity index (χ3v) is 4.23. The topological polar surface area (TPSA) is 29.9 Å². The van der Waals surface area contributed by atoms with Crippen molar-refractivity contribution in [2.24, 2.45) is 0 Å². The molecule has 100 valence electrons. The zero-order chi connectivity index (χ0) is 12.8. The minimum absolute atomic E-state index is 0.196. The fraction of sp³-hybridized carbons (Fsp3) is 0.533. The smallest absolute Gasteiger partial charge is 0.125 e. The number of imidazole rings is 1. The minimum Gasteiger partial charge on any atom is -0.325 e. The second-order valence-corrected chi connectivity index (χ2v) is 5.76. The molecule has 0 spiro atoms. The third-order valence-electron chi connectivity index (χ3n) is 4.23. The largest absolute Gasteiger partial charge is 0.325 e. The maximum absolute atomic E-state index is 13.3. The Morgan fingerprint density at radius 2 is 2.21 bits per heavy atom. The first-order valence-electron chi connectivity index (χ1n) is 7.21. The lowest BCUT2D eigenvalue weighted by Crippen LogP contribution is -2.25. The number of nitrogens with one attached hydrogen (secondary N) is 1. The summed E-state index contributed by atoms with van der Waals surface area (Å²) in [6.07, 6.45) is 5.90. The average molecular weight is 259 g/mol. The lowest BCUT2D eigenvalue weighted by Gasteiger charge is -2.12. The van der Waals surface area contributed by atoms with Gasteiger partial charge in [-0.15, -0.1) is 0 Å². The number of nitrogens with zero attached hydrogens (tertiary/aromatic N) is 2. The summed E-state index contributed by atoms with van der Waals surface area (Å²) in [6, 6.07) is 6.10. The normalized spacial score (nSPS) is 23.3. The Labute approximate surface area is 111 Å². The van der Waals surface area contributed by atoms with Crippen molar-refractivity contribution >= 4 is 11.0 Å². The molecule has 1 aromatic carbocycles. The van der Waals surface area contributed by atoms with Crippen molar-refractivity contribution in [2.45, 2.75) is 44.2 Å². The highest BCUT2D eigenvalue weighted by atomic mass is 19.1. The summed E-state index contributed by atoms with van der Waals surface area (Å²) in [5.74, 6) is 0.931. The molecule has 0 radical (unpaired) electrons. The van der Waals surface area contributed by atoms with Crippen LogP contribution in [0.5, 0.6) is 0 Å². The molecule has 0 amide bonds. The molecule has 1 saturated heterocycles. The van der Waals surface area contributed by atoms with Gasteiger partial charge < -0.3 is 9.88 Å². The Hall–Kier alpha value is -1.42. The molecule has 1 aliphatic heterocycles. The molecule has 1 N–H and O–H groups in total. The molecule has 2 aromatic rings. The molecule has 1 saturated carbocycles. The Morgan fingerprint density at radius 3 is 2.95 bits per heavy atom. The molecule has 1 atom stereocenters. The van der Waals surface area contributed by atoms with Gasteiger partial charge in [0.2, 0.25) is 0 Å². The summed E-state index contributed by atoms with van der Waals surface area (Å²) in [7, 11) is 0. The Kier molecular flexibility index (Phi) is 2.58. The Balaban J connectivity index is 1.77. The number of fused-ring (bicyclic) bond motifs is 1. The van der Waals surface area contributed by atoms with Crippen LogP contribution in [0.15, 0.2) is 18.2 Å². The van der Waals surface area contributed by atoms with E-state index in [0.717, 1.165) is 29.8 Å². The van der Waals surface area contributed by atoms with Gasteiger partial charge in [-0.3, -0.25) is 0 Å². The predicted octanol–water partition coefficient (Wildman–Crippen LogP) is 2.80. The number of hydrogen-bond acceptors (Lipinski definition) is 2. The van der Waals surface area contributed by atoms with Crippen molar-refractivity contribution in [1.82, 2.24) is 14.9 Å². The van der Waals surface area contributed by atoms with Crippen LogP contribution in [0.1, 0.15) is 37.5 Å². The molecule has 19 heavy (non-hydrogen) atoms. The predicted molar refractivity (Wildman–Crippen MR) is 72.7 cm³/mol. The van der Waals surface area contributed by atoms with E-state index >= 15 is 0 Å². The summed E-state index contributed by atoms with van der Waals surface area (Å²) in [6.45, 7) is 1.11. The van der Waals surface area contributed by atoms with Crippen LogP contribution in [-0.4, -0.2) is 22.1 Å². The summed E-state index contributed by atoms with van der Waals surface area (Å²) in [4.78, 5) is 4.68. The highest BCUT2D eigenvalue weighted by molar-refractivity contribution is 5.76. The zero-order valence-electron chi connectivity index (χ0n) is 10.9. The second kappa shape index (κ2) is 4.30. The first-order chi connectivity index (χ1) is 9.31. The lowest BCUT2D eigenvalue weighted by atomic mass is 10.1. The van der Waals surface area contributed by atoms with Crippen LogP contribution in [0.3, 0.4) is 0 Å². The van der Waals surface area contributed by atoms with Gasteiger partial charge in [0.05, 0.1) is 11.0 Å². The summed E-state index contributed by atoms with van der Waals surface area (Å²) < 4.78 is 15.7. The van der Waals surface area contributed by atoms with Gasteiger partial charge in [0.1, 0.15) is 11.6 Å². The van der Waals surface area contributed by atoms with Crippen LogP contribution in [0.2, 0.25) is 0 Å². The fourth-order valence-corrected chi connectivity index (χ4v) is 3.16. The standard InChI is InChI=1S/C15H18FN3/c16-10-3-6-14-13(8-10)18-15(19(14)12-4-5-12)9-11-2-1-7-17-11/h3,6,8,11-12,17H,1-2,4-5,7,9H2. The molecule has 2 aliphatic rings. The van der Waals surface area contributed by atoms with E-state index in [2.05, 4.69) is 14.9 Å². The van der Waals surface area contributed by atoms with E-state index in [1.165, 1.54) is 25.7 Å². The quantitative estimate of drug-likeness (QED) is 0.918. The number of rotatable bonds is 3. The van der Waals surface area contributed by atoms with E-state index in [-0.39, 0.29) is 5.82 Å². The molecule has 2 heterocycles. The molecule has 3 nitrogen and oxygen atoms in total. The third kappa shape index (κ3) is 2.04. The summed E-state index contributed by atoms with van der Waals surface area (Å²) in [5.41, 5.74) is 1.90. The summed E-state index contributed by atoms with van der Waals surface area (Å²) in [5, 5.41) is 3.52. The molecule has 4 rings (SSSR count).